The summed E-state index contributed by atoms with van der Waals surface area (Å²) in [5, 5.41) is 2.75. The SMILES string of the molecule is CN1C(=O)CCC(N2C(=O)c3cccc(NC(=O)CCCCCOCCOCCOCCCCCCI)c3C2=O)C1=O. The number of alkyl halides is 1. The molecular formula is C30H42IN3O8. The highest BCUT2D eigenvalue weighted by Gasteiger charge is 2.47. The van der Waals surface area contributed by atoms with Gasteiger partial charge in [-0.05, 0) is 48.7 Å². The Morgan fingerprint density at radius 2 is 1.48 bits per heavy atom. The monoisotopic (exact) mass is 699 g/mol. The van der Waals surface area contributed by atoms with Crippen LogP contribution in [-0.2, 0) is 28.6 Å². The molecule has 2 heterocycles. The van der Waals surface area contributed by atoms with E-state index in [2.05, 4.69) is 27.9 Å². The molecule has 0 radical (unpaired) electrons. The number of nitrogens with one attached hydrogen (secondary N) is 1. The number of amides is 5. The third-order valence-corrected chi connectivity index (χ3v) is 8.03. The Kier molecular flexibility index (Phi) is 14.8. The van der Waals surface area contributed by atoms with Gasteiger partial charge in [0.25, 0.3) is 17.7 Å². The Bertz CT molecular complexity index is 1100. The van der Waals surface area contributed by atoms with Crippen LogP contribution in [0, 0.1) is 0 Å². The zero-order valence-electron chi connectivity index (χ0n) is 24.4. The molecule has 0 bridgehead atoms. The highest BCUT2D eigenvalue weighted by Crippen LogP contribution is 2.33. The molecule has 2 aliphatic heterocycles. The van der Waals surface area contributed by atoms with E-state index >= 15 is 0 Å². The van der Waals surface area contributed by atoms with Crippen molar-refractivity contribution in [1.82, 2.24) is 9.80 Å². The van der Waals surface area contributed by atoms with Gasteiger partial charge in [-0.2, -0.15) is 0 Å². The summed E-state index contributed by atoms with van der Waals surface area (Å²) in [5.41, 5.74) is 0.454. The summed E-state index contributed by atoms with van der Waals surface area (Å²) in [7, 11) is 1.34. The highest BCUT2D eigenvalue weighted by atomic mass is 127. The minimum Gasteiger partial charge on any atom is -0.379 e. The van der Waals surface area contributed by atoms with Crippen LogP contribution in [-0.4, -0.2) is 96.5 Å². The second-order valence-electron chi connectivity index (χ2n) is 10.4. The molecule has 1 N–H and O–H groups in total. The summed E-state index contributed by atoms with van der Waals surface area (Å²) >= 11 is 2.40. The molecule has 12 heteroatoms. The van der Waals surface area contributed by atoms with Crippen molar-refractivity contribution in [2.24, 2.45) is 0 Å². The number of halogens is 1. The summed E-state index contributed by atoms with van der Waals surface area (Å²) < 4.78 is 17.9. The predicted molar refractivity (Wildman–Crippen MR) is 165 cm³/mol. The number of imide groups is 2. The zero-order chi connectivity index (χ0) is 30.3. The number of nitrogens with zero attached hydrogens (tertiary/aromatic N) is 2. The third kappa shape index (κ3) is 9.81. The molecule has 0 aliphatic carbocycles. The van der Waals surface area contributed by atoms with Crippen LogP contribution in [0.25, 0.3) is 0 Å². The molecule has 11 nitrogen and oxygen atoms in total. The number of benzene rings is 1. The van der Waals surface area contributed by atoms with E-state index < -0.39 is 23.8 Å². The van der Waals surface area contributed by atoms with Gasteiger partial charge >= 0.3 is 0 Å². The maximum atomic E-state index is 13.2. The zero-order valence-corrected chi connectivity index (χ0v) is 26.5. The highest BCUT2D eigenvalue weighted by molar-refractivity contribution is 14.1. The summed E-state index contributed by atoms with van der Waals surface area (Å²) in [6.07, 6.45) is 7.52. The molecule has 0 spiro atoms. The lowest BCUT2D eigenvalue weighted by Gasteiger charge is -2.32. The predicted octanol–water partition coefficient (Wildman–Crippen LogP) is 3.97. The average Bonchev–Trinajstić information content (AvgIpc) is 3.23. The van der Waals surface area contributed by atoms with E-state index in [1.807, 2.05) is 0 Å². The number of anilines is 1. The number of carbonyl (C=O) groups excluding carboxylic acids is 5. The van der Waals surface area contributed by atoms with E-state index in [4.69, 9.17) is 14.2 Å². The molecule has 1 atom stereocenters. The van der Waals surface area contributed by atoms with E-state index in [1.54, 1.807) is 12.1 Å². The maximum absolute atomic E-state index is 13.2. The van der Waals surface area contributed by atoms with Crippen LogP contribution < -0.4 is 5.32 Å². The minimum atomic E-state index is -1.04. The molecule has 1 saturated heterocycles. The largest absolute Gasteiger partial charge is 0.379 e. The van der Waals surface area contributed by atoms with Gasteiger partial charge in [0, 0.05) is 33.1 Å². The molecule has 5 amide bonds. The van der Waals surface area contributed by atoms with Crippen LogP contribution in [0.5, 0.6) is 0 Å². The number of rotatable bonds is 20. The van der Waals surface area contributed by atoms with Gasteiger partial charge in [-0.15, -0.1) is 0 Å². The van der Waals surface area contributed by atoms with E-state index in [9.17, 15) is 24.0 Å². The molecule has 42 heavy (non-hydrogen) atoms. The number of fused-ring (bicyclic) bond motifs is 1. The molecule has 1 unspecified atom stereocenters. The molecule has 1 aromatic carbocycles. The van der Waals surface area contributed by atoms with Crippen molar-refractivity contribution < 1.29 is 38.2 Å². The summed E-state index contributed by atoms with van der Waals surface area (Å²) in [5.74, 6) is -2.44. The van der Waals surface area contributed by atoms with E-state index in [0.717, 1.165) is 35.7 Å². The number of ether oxygens (including phenoxy) is 3. The number of carbonyl (C=O) groups is 5. The molecule has 1 aromatic rings. The fraction of sp³-hybridized carbons (Fsp3) is 0.633. The van der Waals surface area contributed by atoms with E-state index in [-0.39, 0.29) is 47.9 Å². The number of likely N-dealkylation sites (tertiary alicyclic amines) is 1. The molecule has 0 saturated carbocycles. The normalized spacial score (nSPS) is 16.9. The Labute approximate surface area is 261 Å². The quantitative estimate of drug-likeness (QED) is 0.0937. The lowest BCUT2D eigenvalue weighted by molar-refractivity contribution is -0.149. The van der Waals surface area contributed by atoms with Gasteiger partial charge in [-0.1, -0.05) is 47.9 Å². The lowest BCUT2D eigenvalue weighted by Crippen LogP contribution is -2.54. The first-order valence-electron chi connectivity index (χ1n) is 14.8. The van der Waals surface area contributed by atoms with Crippen molar-refractivity contribution in [3.63, 3.8) is 0 Å². The maximum Gasteiger partial charge on any atom is 0.264 e. The van der Waals surface area contributed by atoms with Gasteiger partial charge < -0.3 is 19.5 Å². The number of hydrogen-bond acceptors (Lipinski definition) is 8. The standard InChI is InChI=1S/C30H42IN3O8/c1-33-26(36)14-13-24(29(33)38)34-28(37)22-10-9-11-23(27(22)30(34)39)32-25(35)12-5-4-8-17-41-19-21-42-20-18-40-16-7-3-2-6-15-31/h9-11,24H,2-8,12-21H2,1H3,(H,32,35). The Morgan fingerprint density at radius 1 is 0.857 bits per heavy atom. The van der Waals surface area contributed by atoms with Gasteiger partial charge in [-0.3, -0.25) is 33.8 Å². The van der Waals surface area contributed by atoms with Crippen molar-refractivity contribution in [1.29, 1.82) is 0 Å². The van der Waals surface area contributed by atoms with Crippen LogP contribution >= 0.6 is 22.6 Å². The number of hydrogen-bond donors (Lipinski definition) is 1. The summed E-state index contributed by atoms with van der Waals surface area (Å²) in [4.78, 5) is 65.2. The minimum absolute atomic E-state index is 0.0668. The number of piperidine rings is 1. The second-order valence-corrected chi connectivity index (χ2v) is 11.4. The lowest BCUT2D eigenvalue weighted by atomic mass is 10.0. The van der Waals surface area contributed by atoms with Gasteiger partial charge in [-0.25, -0.2) is 0 Å². The Morgan fingerprint density at radius 3 is 2.14 bits per heavy atom. The van der Waals surface area contributed by atoms with E-state index in [1.165, 1.54) is 36.8 Å². The summed E-state index contributed by atoms with van der Waals surface area (Å²) in [6, 6.07) is 3.62. The van der Waals surface area contributed by atoms with Crippen LogP contribution in [0.15, 0.2) is 18.2 Å². The van der Waals surface area contributed by atoms with Crippen molar-refractivity contribution in [3.8, 4) is 0 Å². The average molecular weight is 700 g/mol. The molecule has 2 aliphatic rings. The molecule has 232 valence electrons. The van der Waals surface area contributed by atoms with E-state index in [0.29, 0.717) is 39.5 Å². The van der Waals surface area contributed by atoms with Crippen LogP contribution in [0.3, 0.4) is 0 Å². The van der Waals surface area contributed by atoms with Crippen molar-refractivity contribution >= 4 is 57.8 Å². The first-order chi connectivity index (χ1) is 20.4. The topological polar surface area (TPSA) is 132 Å². The molecule has 1 fully saturated rings. The van der Waals surface area contributed by atoms with Gasteiger partial charge in [0.1, 0.15) is 6.04 Å². The fourth-order valence-corrected chi connectivity index (χ4v) is 5.44. The second kappa shape index (κ2) is 18.3. The molecular weight excluding hydrogens is 657 g/mol. The van der Waals surface area contributed by atoms with Crippen LogP contribution in [0.1, 0.15) is 84.9 Å². The smallest absolute Gasteiger partial charge is 0.264 e. The first-order valence-corrected chi connectivity index (χ1v) is 16.3. The van der Waals surface area contributed by atoms with Gasteiger partial charge in [0.2, 0.25) is 11.8 Å². The summed E-state index contributed by atoms with van der Waals surface area (Å²) in [6.45, 7) is 3.56. The first kappa shape index (κ1) is 34.1. The van der Waals surface area contributed by atoms with Crippen molar-refractivity contribution in [2.75, 3.05) is 56.4 Å². The third-order valence-electron chi connectivity index (χ3n) is 7.26. The van der Waals surface area contributed by atoms with Crippen LogP contribution in [0.2, 0.25) is 0 Å². The number of likely N-dealkylation sites (N-methyl/N-ethyl adjacent to an activating group) is 1. The Hall–Kier alpha value is -2.42. The fourth-order valence-electron chi connectivity index (χ4n) is 4.90. The Balaban J connectivity index is 1.28. The van der Waals surface area contributed by atoms with Crippen molar-refractivity contribution in [2.45, 2.75) is 70.3 Å². The van der Waals surface area contributed by atoms with Gasteiger partial charge in [0.15, 0.2) is 0 Å². The molecule has 0 aromatic heterocycles. The van der Waals surface area contributed by atoms with Crippen LogP contribution in [0.4, 0.5) is 5.69 Å². The number of unbranched alkanes of at least 4 members (excludes halogenated alkanes) is 5. The van der Waals surface area contributed by atoms with Crippen molar-refractivity contribution in [3.05, 3.63) is 29.3 Å². The molecule has 3 rings (SSSR count). The van der Waals surface area contributed by atoms with Gasteiger partial charge in [0.05, 0.1) is 43.2 Å².